The molecule has 0 spiro atoms. The highest BCUT2D eigenvalue weighted by Gasteiger charge is 2.48. The van der Waals surface area contributed by atoms with Crippen LogP contribution in [0.15, 0.2) is 59.5 Å². The number of aryl methyl sites for hydroxylation is 2. The van der Waals surface area contributed by atoms with Crippen molar-refractivity contribution in [2.24, 2.45) is 0 Å². The van der Waals surface area contributed by atoms with Crippen molar-refractivity contribution in [2.75, 3.05) is 11.5 Å². The van der Waals surface area contributed by atoms with Gasteiger partial charge in [-0.15, -0.1) is 11.3 Å². The molecule has 2 aliphatic rings. The summed E-state index contributed by atoms with van der Waals surface area (Å²) in [5.41, 5.74) is 4.16. The van der Waals surface area contributed by atoms with Gasteiger partial charge in [0.2, 0.25) is 0 Å². The number of para-hydroxylation sites is 1. The normalized spacial score (nSPS) is 19.5. The smallest absolute Gasteiger partial charge is 0.300 e. The molecular weight excluding hydrogens is 410 g/mol. The lowest BCUT2D eigenvalue weighted by Crippen LogP contribution is -2.30. The number of benzene rings is 2. The highest BCUT2D eigenvalue weighted by Crippen LogP contribution is 2.45. The molecule has 3 aromatic rings. The van der Waals surface area contributed by atoms with E-state index in [-0.39, 0.29) is 11.3 Å². The predicted octanol–water partition coefficient (Wildman–Crippen LogP) is 4.93. The molecule has 1 atom stereocenters. The van der Waals surface area contributed by atoms with Gasteiger partial charge in [-0.05, 0) is 66.2 Å². The Morgan fingerprint density at radius 1 is 1.10 bits per heavy atom. The number of fused-ring (bicyclic) bond motifs is 1. The molecule has 1 N–H and O–H groups in total. The van der Waals surface area contributed by atoms with Crippen molar-refractivity contribution < 1.29 is 19.4 Å². The molecule has 0 saturated carbocycles. The first-order valence-corrected chi connectivity index (χ1v) is 11.0. The minimum atomic E-state index is -0.675. The van der Waals surface area contributed by atoms with Gasteiger partial charge in [0, 0.05) is 22.5 Å². The summed E-state index contributed by atoms with van der Waals surface area (Å²) in [6.07, 6.45) is 0.751. The fourth-order valence-corrected chi connectivity index (χ4v) is 5.34. The van der Waals surface area contributed by atoms with E-state index in [2.05, 4.69) is 0 Å². The third-order valence-electron chi connectivity index (χ3n) is 5.93. The Morgan fingerprint density at radius 3 is 2.65 bits per heavy atom. The minimum absolute atomic E-state index is 0.123. The molecule has 5 nitrogen and oxygen atoms in total. The van der Waals surface area contributed by atoms with Crippen LogP contribution in [0.5, 0.6) is 5.75 Å². The van der Waals surface area contributed by atoms with Crippen LogP contribution in [0.25, 0.3) is 5.76 Å². The number of anilines is 1. The third kappa shape index (κ3) is 3.06. The van der Waals surface area contributed by atoms with Crippen LogP contribution in [0.4, 0.5) is 5.69 Å². The summed E-state index contributed by atoms with van der Waals surface area (Å²) in [4.78, 5) is 28.9. The van der Waals surface area contributed by atoms with Crippen molar-refractivity contribution >= 4 is 34.5 Å². The SMILES string of the molecule is Cc1ccccc1N1C(=O)C(=O)/C(=C(\O)c2ccc3c(c2)CCO3)C1c1sccc1C. The van der Waals surface area contributed by atoms with Crippen LogP contribution in [0.3, 0.4) is 0 Å². The molecule has 2 aliphatic heterocycles. The van der Waals surface area contributed by atoms with E-state index in [4.69, 9.17) is 4.74 Å². The molecule has 5 rings (SSSR count). The molecule has 1 fully saturated rings. The minimum Gasteiger partial charge on any atom is -0.507 e. The fraction of sp³-hybridized carbons (Fsp3) is 0.200. The Morgan fingerprint density at radius 2 is 1.90 bits per heavy atom. The average molecular weight is 432 g/mol. The van der Waals surface area contributed by atoms with Crippen molar-refractivity contribution in [1.82, 2.24) is 0 Å². The Balaban J connectivity index is 1.73. The van der Waals surface area contributed by atoms with Crippen LogP contribution in [-0.2, 0) is 16.0 Å². The maximum atomic E-state index is 13.2. The maximum Gasteiger partial charge on any atom is 0.300 e. The van der Waals surface area contributed by atoms with Crippen molar-refractivity contribution in [2.45, 2.75) is 26.3 Å². The van der Waals surface area contributed by atoms with E-state index in [1.807, 2.05) is 55.6 Å². The van der Waals surface area contributed by atoms with Crippen LogP contribution in [0.2, 0.25) is 0 Å². The summed E-state index contributed by atoms with van der Waals surface area (Å²) >= 11 is 1.48. The number of ether oxygens (including phenoxy) is 1. The fourth-order valence-electron chi connectivity index (χ4n) is 4.32. The predicted molar refractivity (Wildman–Crippen MR) is 121 cm³/mol. The number of carbonyl (C=O) groups excluding carboxylic acids is 2. The molecule has 1 amide bonds. The number of rotatable bonds is 3. The van der Waals surface area contributed by atoms with Crippen molar-refractivity contribution in [3.8, 4) is 5.75 Å². The second kappa shape index (κ2) is 7.39. The van der Waals surface area contributed by atoms with E-state index in [9.17, 15) is 14.7 Å². The van der Waals surface area contributed by atoms with Gasteiger partial charge < -0.3 is 9.84 Å². The first kappa shape index (κ1) is 19.6. The van der Waals surface area contributed by atoms with Crippen LogP contribution in [0.1, 0.15) is 33.2 Å². The Kier molecular flexibility index (Phi) is 4.67. The third-order valence-corrected chi connectivity index (χ3v) is 7.00. The van der Waals surface area contributed by atoms with Crippen LogP contribution in [-0.4, -0.2) is 23.4 Å². The number of aliphatic hydroxyl groups excluding tert-OH is 1. The number of nitrogens with zero attached hydrogens (tertiary/aromatic N) is 1. The molecule has 0 bridgehead atoms. The van der Waals surface area contributed by atoms with Crippen LogP contribution in [0, 0.1) is 13.8 Å². The van der Waals surface area contributed by atoms with Gasteiger partial charge in [-0.25, -0.2) is 0 Å². The van der Waals surface area contributed by atoms with E-state index in [0.717, 1.165) is 33.7 Å². The summed E-state index contributed by atoms with van der Waals surface area (Å²) in [6, 6.07) is 14.2. The Hall–Kier alpha value is -3.38. The standard InChI is InChI=1S/C25H21NO4S/c1-14-5-3-4-6-18(14)26-21(24-15(2)10-12-31-24)20(23(28)25(26)29)22(27)17-7-8-19-16(13-17)9-11-30-19/h3-8,10,12-13,21,27H,9,11H2,1-2H3/b22-20-. The van der Waals surface area contributed by atoms with E-state index in [1.165, 1.54) is 16.2 Å². The van der Waals surface area contributed by atoms with Gasteiger partial charge in [0.15, 0.2) is 0 Å². The summed E-state index contributed by atoms with van der Waals surface area (Å²) in [7, 11) is 0. The number of ketones is 1. The van der Waals surface area contributed by atoms with Crippen LogP contribution < -0.4 is 9.64 Å². The monoisotopic (exact) mass is 431 g/mol. The molecule has 3 heterocycles. The van der Waals surface area contributed by atoms with Gasteiger partial charge in [0.1, 0.15) is 17.6 Å². The molecule has 31 heavy (non-hydrogen) atoms. The molecule has 2 aromatic carbocycles. The highest BCUT2D eigenvalue weighted by molar-refractivity contribution is 7.10. The summed E-state index contributed by atoms with van der Waals surface area (Å²) in [5.74, 6) is -0.655. The van der Waals surface area contributed by atoms with Crippen molar-refractivity contribution in [3.05, 3.63) is 86.6 Å². The van der Waals surface area contributed by atoms with Gasteiger partial charge >= 0.3 is 0 Å². The van der Waals surface area contributed by atoms with Gasteiger partial charge in [0.05, 0.1) is 12.2 Å². The van der Waals surface area contributed by atoms with Gasteiger partial charge in [-0.1, -0.05) is 18.2 Å². The first-order chi connectivity index (χ1) is 15.0. The number of amides is 1. The second-order valence-corrected chi connectivity index (χ2v) is 8.79. The molecule has 1 unspecified atom stereocenters. The zero-order valence-electron chi connectivity index (χ0n) is 17.2. The molecule has 1 saturated heterocycles. The van der Waals surface area contributed by atoms with Crippen molar-refractivity contribution in [1.29, 1.82) is 0 Å². The molecule has 156 valence electrons. The first-order valence-electron chi connectivity index (χ1n) is 10.1. The van der Waals surface area contributed by atoms with Crippen LogP contribution >= 0.6 is 11.3 Å². The van der Waals surface area contributed by atoms with E-state index < -0.39 is 17.7 Å². The van der Waals surface area contributed by atoms with E-state index >= 15 is 0 Å². The Bertz CT molecular complexity index is 1260. The molecular formula is C25H21NO4S. The summed E-state index contributed by atoms with van der Waals surface area (Å²) in [6.45, 7) is 4.47. The molecule has 0 radical (unpaired) electrons. The Labute approximate surface area is 184 Å². The van der Waals surface area contributed by atoms with Gasteiger partial charge in [-0.3, -0.25) is 14.5 Å². The van der Waals surface area contributed by atoms with Crippen molar-refractivity contribution in [3.63, 3.8) is 0 Å². The zero-order valence-corrected chi connectivity index (χ0v) is 18.0. The second-order valence-electron chi connectivity index (χ2n) is 7.84. The molecule has 6 heteroatoms. The maximum absolute atomic E-state index is 13.2. The number of aliphatic hydroxyl groups is 1. The van der Waals surface area contributed by atoms with E-state index in [1.54, 1.807) is 12.1 Å². The summed E-state index contributed by atoms with van der Waals surface area (Å²) < 4.78 is 5.56. The largest absolute Gasteiger partial charge is 0.507 e. The lowest BCUT2D eigenvalue weighted by Gasteiger charge is -2.26. The van der Waals surface area contributed by atoms with Gasteiger partial charge in [-0.2, -0.15) is 0 Å². The van der Waals surface area contributed by atoms with Gasteiger partial charge in [0.25, 0.3) is 11.7 Å². The lowest BCUT2D eigenvalue weighted by atomic mass is 9.97. The van der Waals surface area contributed by atoms with E-state index in [0.29, 0.717) is 17.9 Å². The number of thiophene rings is 1. The number of hydrogen-bond acceptors (Lipinski definition) is 5. The number of carbonyl (C=O) groups is 2. The molecule has 0 aliphatic carbocycles. The lowest BCUT2D eigenvalue weighted by molar-refractivity contribution is -0.132. The number of hydrogen-bond donors (Lipinski definition) is 1. The zero-order chi connectivity index (χ0) is 21.7. The molecule has 1 aromatic heterocycles. The topological polar surface area (TPSA) is 66.8 Å². The quantitative estimate of drug-likeness (QED) is 0.363. The average Bonchev–Trinajstić information content (AvgIpc) is 3.46. The summed E-state index contributed by atoms with van der Waals surface area (Å²) in [5, 5.41) is 13.2. The highest BCUT2D eigenvalue weighted by atomic mass is 32.1. The number of Topliss-reactive ketones (excluding diaryl/α,β-unsaturated/α-hetero) is 1.